The number of hydrogen-bond acceptors (Lipinski definition) is 2. The van der Waals surface area contributed by atoms with Crippen LogP contribution in [0.1, 0.15) is 28.2 Å². The lowest BCUT2D eigenvalue weighted by atomic mass is 10.1. The minimum atomic E-state index is -0.305. The molecule has 1 aromatic heterocycles. The second-order valence-corrected chi connectivity index (χ2v) is 7.21. The Hall–Kier alpha value is -0.720. The van der Waals surface area contributed by atoms with E-state index in [1.807, 2.05) is 6.92 Å². The fourth-order valence-corrected chi connectivity index (χ4v) is 3.52. The van der Waals surface area contributed by atoms with Gasteiger partial charge in [-0.2, -0.15) is 0 Å². The second-order valence-electron chi connectivity index (χ2n) is 3.98. The fourth-order valence-electron chi connectivity index (χ4n) is 1.59. The molecule has 0 saturated carbocycles. The third kappa shape index (κ3) is 3.64. The highest BCUT2D eigenvalue weighted by atomic mass is 79.9. The van der Waals surface area contributed by atoms with Gasteiger partial charge in [0.1, 0.15) is 5.82 Å². The van der Waals surface area contributed by atoms with Crippen LogP contribution in [-0.4, -0.2) is 5.91 Å². The van der Waals surface area contributed by atoms with Crippen molar-refractivity contribution in [1.29, 1.82) is 0 Å². The zero-order valence-electron chi connectivity index (χ0n) is 9.91. The van der Waals surface area contributed by atoms with Crippen LogP contribution < -0.4 is 5.32 Å². The van der Waals surface area contributed by atoms with E-state index in [4.69, 9.17) is 0 Å². The first-order chi connectivity index (χ1) is 8.97. The Morgan fingerprint density at radius 1 is 1.37 bits per heavy atom. The number of halogens is 3. The molecule has 1 heterocycles. The van der Waals surface area contributed by atoms with E-state index in [1.165, 1.54) is 23.5 Å². The predicted octanol–water partition coefficient (Wildman–Crippen LogP) is 4.90. The molecular weight excluding hydrogens is 397 g/mol. The van der Waals surface area contributed by atoms with E-state index >= 15 is 0 Å². The zero-order chi connectivity index (χ0) is 14.0. The number of rotatable bonds is 3. The van der Waals surface area contributed by atoms with Crippen molar-refractivity contribution in [2.45, 2.75) is 13.0 Å². The van der Waals surface area contributed by atoms with Gasteiger partial charge in [0.15, 0.2) is 0 Å². The van der Waals surface area contributed by atoms with Crippen LogP contribution in [0.25, 0.3) is 0 Å². The number of nitrogens with one attached hydrogen (secondary N) is 1. The molecule has 1 aromatic carbocycles. The molecule has 0 aliphatic rings. The van der Waals surface area contributed by atoms with Gasteiger partial charge < -0.3 is 5.32 Å². The van der Waals surface area contributed by atoms with E-state index < -0.39 is 0 Å². The molecule has 0 aliphatic carbocycles. The van der Waals surface area contributed by atoms with Gasteiger partial charge in [0.05, 0.1) is 14.7 Å². The molecule has 6 heteroatoms. The molecule has 2 rings (SSSR count). The zero-order valence-corrected chi connectivity index (χ0v) is 13.9. The summed E-state index contributed by atoms with van der Waals surface area (Å²) in [6.07, 6.45) is 0. The van der Waals surface area contributed by atoms with Gasteiger partial charge in [0.2, 0.25) is 0 Å². The molecule has 0 unspecified atom stereocenters. The number of benzene rings is 1. The summed E-state index contributed by atoms with van der Waals surface area (Å²) < 4.78 is 14.8. The van der Waals surface area contributed by atoms with Crippen LogP contribution in [-0.2, 0) is 0 Å². The molecular formula is C13H10Br2FNOS. The maximum absolute atomic E-state index is 13.1. The van der Waals surface area contributed by atoms with Crippen LogP contribution in [0.4, 0.5) is 4.39 Å². The molecule has 0 radical (unpaired) electrons. The van der Waals surface area contributed by atoms with E-state index in [1.54, 1.807) is 18.2 Å². The number of amides is 1. The van der Waals surface area contributed by atoms with Gasteiger partial charge in [-0.15, -0.1) is 11.3 Å². The minimum Gasteiger partial charge on any atom is -0.345 e. The molecule has 1 N–H and O–H groups in total. The first kappa shape index (κ1) is 14.7. The van der Waals surface area contributed by atoms with E-state index in [0.29, 0.717) is 4.88 Å². The van der Waals surface area contributed by atoms with Crippen LogP contribution >= 0.6 is 43.2 Å². The van der Waals surface area contributed by atoms with Gasteiger partial charge in [0.25, 0.3) is 5.91 Å². The summed E-state index contributed by atoms with van der Waals surface area (Å²) in [4.78, 5) is 12.6. The van der Waals surface area contributed by atoms with Crippen molar-refractivity contribution in [3.63, 3.8) is 0 Å². The smallest absolute Gasteiger partial charge is 0.261 e. The lowest BCUT2D eigenvalue weighted by Crippen LogP contribution is -2.25. The van der Waals surface area contributed by atoms with E-state index in [9.17, 15) is 9.18 Å². The molecule has 100 valence electrons. The third-order valence-electron chi connectivity index (χ3n) is 2.57. The van der Waals surface area contributed by atoms with E-state index in [0.717, 1.165) is 13.8 Å². The Bertz CT molecular complexity index is 595. The number of hydrogen-bond donors (Lipinski definition) is 1. The molecule has 0 aliphatic heterocycles. The molecule has 1 amide bonds. The van der Waals surface area contributed by atoms with Crippen LogP contribution in [0.2, 0.25) is 0 Å². The van der Waals surface area contributed by atoms with Crippen LogP contribution in [0.5, 0.6) is 0 Å². The summed E-state index contributed by atoms with van der Waals surface area (Å²) in [6.45, 7) is 1.82. The molecule has 0 saturated heterocycles. The van der Waals surface area contributed by atoms with Crippen molar-refractivity contribution in [3.8, 4) is 0 Å². The highest BCUT2D eigenvalue weighted by molar-refractivity contribution is 9.13. The average Bonchev–Trinajstić information content (AvgIpc) is 2.69. The highest BCUT2D eigenvalue weighted by Crippen LogP contribution is 2.32. The predicted molar refractivity (Wildman–Crippen MR) is 82.0 cm³/mol. The van der Waals surface area contributed by atoms with Crippen molar-refractivity contribution in [1.82, 2.24) is 5.32 Å². The van der Waals surface area contributed by atoms with Gasteiger partial charge >= 0.3 is 0 Å². The van der Waals surface area contributed by atoms with E-state index in [-0.39, 0.29) is 17.8 Å². The van der Waals surface area contributed by atoms with E-state index in [2.05, 4.69) is 37.2 Å². The molecule has 1 atom stereocenters. The Balaban J connectivity index is 2.10. The van der Waals surface area contributed by atoms with Crippen molar-refractivity contribution in [2.24, 2.45) is 0 Å². The standard InChI is InChI=1S/C13H10Br2FNOS/c1-7(8-3-2-4-9(16)5-8)17-13(18)11-6-10(14)12(15)19-11/h2-7H,1H3,(H,17,18)/t7-/m1/s1. The van der Waals surface area contributed by atoms with Crippen molar-refractivity contribution in [3.05, 3.63) is 54.8 Å². The number of carbonyl (C=O) groups excluding carboxylic acids is 1. The van der Waals surface area contributed by atoms with Crippen molar-refractivity contribution >= 4 is 49.1 Å². The Morgan fingerprint density at radius 2 is 2.11 bits per heavy atom. The summed E-state index contributed by atoms with van der Waals surface area (Å²) in [5.74, 6) is -0.478. The molecule has 0 fully saturated rings. The monoisotopic (exact) mass is 405 g/mol. The van der Waals surface area contributed by atoms with Crippen molar-refractivity contribution in [2.75, 3.05) is 0 Å². The van der Waals surface area contributed by atoms with Crippen LogP contribution in [0, 0.1) is 5.82 Å². The molecule has 0 bridgehead atoms. The van der Waals surface area contributed by atoms with Gasteiger partial charge in [-0.3, -0.25) is 4.79 Å². The van der Waals surface area contributed by atoms with Gasteiger partial charge in [-0.1, -0.05) is 12.1 Å². The number of carbonyl (C=O) groups is 1. The van der Waals surface area contributed by atoms with Gasteiger partial charge in [-0.05, 0) is 62.5 Å². The van der Waals surface area contributed by atoms with Gasteiger partial charge in [0, 0.05) is 4.47 Å². The van der Waals surface area contributed by atoms with Gasteiger partial charge in [-0.25, -0.2) is 4.39 Å². The first-order valence-electron chi connectivity index (χ1n) is 5.48. The summed E-state index contributed by atoms with van der Waals surface area (Å²) in [5, 5.41) is 2.84. The summed E-state index contributed by atoms with van der Waals surface area (Å²) in [5.41, 5.74) is 0.739. The van der Waals surface area contributed by atoms with Crippen LogP contribution in [0.15, 0.2) is 38.6 Å². The SMILES string of the molecule is C[C@@H](NC(=O)c1cc(Br)c(Br)s1)c1cccc(F)c1. The Labute approximate surface area is 131 Å². The molecule has 19 heavy (non-hydrogen) atoms. The molecule has 0 spiro atoms. The lowest BCUT2D eigenvalue weighted by Gasteiger charge is -2.13. The quantitative estimate of drug-likeness (QED) is 0.771. The highest BCUT2D eigenvalue weighted by Gasteiger charge is 2.15. The van der Waals surface area contributed by atoms with Crippen molar-refractivity contribution < 1.29 is 9.18 Å². The molecule has 2 nitrogen and oxygen atoms in total. The summed E-state index contributed by atoms with van der Waals surface area (Å²) in [6, 6.07) is 7.72. The topological polar surface area (TPSA) is 29.1 Å². The average molecular weight is 407 g/mol. The Morgan fingerprint density at radius 3 is 2.68 bits per heavy atom. The maximum atomic E-state index is 13.1. The summed E-state index contributed by atoms with van der Waals surface area (Å²) >= 11 is 8.03. The first-order valence-corrected chi connectivity index (χ1v) is 7.89. The van der Waals surface area contributed by atoms with Crippen LogP contribution in [0.3, 0.4) is 0 Å². The normalized spacial score (nSPS) is 12.2. The lowest BCUT2D eigenvalue weighted by molar-refractivity contribution is 0.0944. The summed E-state index contributed by atoms with van der Waals surface area (Å²) in [7, 11) is 0. The largest absolute Gasteiger partial charge is 0.345 e. The second kappa shape index (κ2) is 6.15. The molecule has 2 aromatic rings. The Kier molecular flexibility index (Phi) is 4.76. The maximum Gasteiger partial charge on any atom is 0.261 e. The minimum absolute atomic E-state index is 0.173. The number of thiophene rings is 1. The fraction of sp³-hybridized carbons (Fsp3) is 0.154. The third-order valence-corrected chi connectivity index (χ3v) is 5.82.